The van der Waals surface area contributed by atoms with E-state index >= 15 is 0 Å². The molecule has 0 amide bonds. The molecule has 4 nitrogen and oxygen atoms in total. The van der Waals surface area contributed by atoms with Gasteiger partial charge in [0.1, 0.15) is 5.82 Å². The molecule has 1 unspecified atom stereocenters. The molecule has 2 aromatic rings. The number of halogens is 1. The maximum absolute atomic E-state index is 13.3. The van der Waals surface area contributed by atoms with E-state index in [1.165, 1.54) is 19.2 Å². The van der Waals surface area contributed by atoms with E-state index in [0.29, 0.717) is 16.7 Å². The van der Waals surface area contributed by atoms with Gasteiger partial charge in [0.2, 0.25) is 0 Å². The number of fused-ring (bicyclic) bond motifs is 1. The maximum Gasteiger partial charge on any atom is 0.339 e. The molecule has 0 radical (unpaired) electrons. The molecule has 1 aliphatic rings. The number of rotatable bonds is 4. The molecule has 0 spiro atoms. The van der Waals surface area contributed by atoms with Crippen molar-refractivity contribution in [3.05, 3.63) is 71.0 Å². The largest absolute Gasteiger partial charge is 0.469 e. The van der Waals surface area contributed by atoms with E-state index in [2.05, 4.69) is 4.74 Å². The summed E-state index contributed by atoms with van der Waals surface area (Å²) in [5.41, 5.74) is 0.665. The second kappa shape index (κ2) is 5.83. The Morgan fingerprint density at radius 1 is 1.17 bits per heavy atom. The molecule has 0 aliphatic carbocycles. The average Bonchev–Trinajstić information content (AvgIpc) is 2.87. The van der Waals surface area contributed by atoms with Crippen LogP contribution in [-0.4, -0.2) is 19.0 Å². The SMILES string of the molecule is COC(=O)CCC1(c2ccc(F)cc2)OC(=O)c2ccccc21. The Hall–Kier alpha value is -2.69. The van der Waals surface area contributed by atoms with E-state index in [0.717, 1.165) is 0 Å². The first kappa shape index (κ1) is 15.2. The number of cyclic esters (lactones) is 1. The summed E-state index contributed by atoms with van der Waals surface area (Å²) < 4.78 is 23.6. The monoisotopic (exact) mass is 314 g/mol. The van der Waals surface area contributed by atoms with Crippen LogP contribution in [0.15, 0.2) is 48.5 Å². The minimum atomic E-state index is -1.10. The Bertz CT molecular complexity index is 754. The highest BCUT2D eigenvalue weighted by molar-refractivity contribution is 5.95. The molecule has 23 heavy (non-hydrogen) atoms. The molecule has 0 saturated heterocycles. The van der Waals surface area contributed by atoms with Crippen LogP contribution in [0.2, 0.25) is 0 Å². The van der Waals surface area contributed by atoms with Crippen molar-refractivity contribution < 1.29 is 23.5 Å². The molecule has 0 bridgehead atoms. The van der Waals surface area contributed by atoms with Gasteiger partial charge in [-0.3, -0.25) is 4.79 Å². The first-order valence-corrected chi connectivity index (χ1v) is 7.22. The fourth-order valence-corrected chi connectivity index (χ4v) is 2.93. The van der Waals surface area contributed by atoms with E-state index in [1.54, 1.807) is 36.4 Å². The molecule has 1 heterocycles. The summed E-state index contributed by atoms with van der Waals surface area (Å²) >= 11 is 0. The summed E-state index contributed by atoms with van der Waals surface area (Å²) in [6.45, 7) is 0. The van der Waals surface area contributed by atoms with Crippen molar-refractivity contribution in [2.75, 3.05) is 7.11 Å². The quantitative estimate of drug-likeness (QED) is 0.813. The van der Waals surface area contributed by atoms with Gasteiger partial charge < -0.3 is 9.47 Å². The van der Waals surface area contributed by atoms with Crippen LogP contribution in [0.4, 0.5) is 4.39 Å². The Morgan fingerprint density at radius 3 is 2.57 bits per heavy atom. The second-order valence-corrected chi connectivity index (χ2v) is 5.35. The maximum atomic E-state index is 13.3. The molecule has 118 valence electrons. The van der Waals surface area contributed by atoms with Crippen molar-refractivity contribution in [1.82, 2.24) is 0 Å². The number of carbonyl (C=O) groups is 2. The third-order valence-corrected chi connectivity index (χ3v) is 4.07. The van der Waals surface area contributed by atoms with Crippen LogP contribution >= 0.6 is 0 Å². The van der Waals surface area contributed by atoms with Crippen molar-refractivity contribution in [2.24, 2.45) is 0 Å². The van der Waals surface area contributed by atoms with Gasteiger partial charge in [0.25, 0.3) is 0 Å². The average molecular weight is 314 g/mol. The minimum Gasteiger partial charge on any atom is -0.469 e. The van der Waals surface area contributed by atoms with Crippen molar-refractivity contribution in [1.29, 1.82) is 0 Å². The van der Waals surface area contributed by atoms with Crippen molar-refractivity contribution >= 4 is 11.9 Å². The molecule has 0 aromatic heterocycles. The zero-order valence-electron chi connectivity index (χ0n) is 12.5. The summed E-state index contributed by atoms with van der Waals surface area (Å²) in [4.78, 5) is 23.8. The molecule has 0 saturated carbocycles. The van der Waals surface area contributed by atoms with E-state index in [1.807, 2.05) is 0 Å². The van der Waals surface area contributed by atoms with Crippen molar-refractivity contribution in [3.8, 4) is 0 Å². The third kappa shape index (κ3) is 2.59. The topological polar surface area (TPSA) is 52.6 Å². The highest BCUT2D eigenvalue weighted by Gasteiger charge is 2.46. The van der Waals surface area contributed by atoms with Crippen LogP contribution in [0.1, 0.15) is 34.3 Å². The lowest BCUT2D eigenvalue weighted by molar-refractivity contribution is -0.141. The van der Waals surface area contributed by atoms with Gasteiger partial charge in [-0.1, -0.05) is 30.3 Å². The third-order valence-electron chi connectivity index (χ3n) is 4.07. The van der Waals surface area contributed by atoms with E-state index in [-0.39, 0.29) is 18.7 Å². The Labute approximate surface area is 132 Å². The van der Waals surface area contributed by atoms with Crippen LogP contribution in [0.3, 0.4) is 0 Å². The summed E-state index contributed by atoms with van der Waals surface area (Å²) in [5.74, 6) is -1.23. The van der Waals surface area contributed by atoms with Gasteiger partial charge in [-0.05, 0) is 18.2 Å². The Balaban J connectivity index is 2.10. The van der Waals surface area contributed by atoms with Crippen molar-refractivity contribution in [3.63, 3.8) is 0 Å². The van der Waals surface area contributed by atoms with Gasteiger partial charge in [-0.25, -0.2) is 9.18 Å². The lowest BCUT2D eigenvalue weighted by Gasteiger charge is -2.29. The molecule has 1 atom stereocenters. The normalized spacial score (nSPS) is 19.1. The highest BCUT2D eigenvalue weighted by Crippen LogP contribution is 2.45. The highest BCUT2D eigenvalue weighted by atomic mass is 19.1. The standard InChI is InChI=1S/C18H15FO4/c1-22-16(20)10-11-18(12-6-8-13(19)9-7-12)15-5-3-2-4-14(15)17(21)23-18/h2-9H,10-11H2,1H3. The Kier molecular flexibility index (Phi) is 3.86. The van der Waals surface area contributed by atoms with Gasteiger partial charge in [-0.2, -0.15) is 0 Å². The fourth-order valence-electron chi connectivity index (χ4n) is 2.93. The van der Waals surface area contributed by atoms with Gasteiger partial charge in [-0.15, -0.1) is 0 Å². The number of hydrogen-bond acceptors (Lipinski definition) is 4. The smallest absolute Gasteiger partial charge is 0.339 e. The van der Waals surface area contributed by atoms with Gasteiger partial charge in [0, 0.05) is 24.0 Å². The summed E-state index contributed by atoms with van der Waals surface area (Å²) in [6, 6.07) is 12.8. The van der Waals surface area contributed by atoms with E-state index < -0.39 is 17.5 Å². The number of ether oxygens (including phenoxy) is 2. The molecule has 1 aliphatic heterocycles. The number of hydrogen-bond donors (Lipinski definition) is 0. The van der Waals surface area contributed by atoms with Crippen LogP contribution in [0.25, 0.3) is 0 Å². The minimum absolute atomic E-state index is 0.0789. The zero-order chi connectivity index (χ0) is 16.4. The first-order chi connectivity index (χ1) is 11.1. The molecular formula is C18H15FO4. The molecular weight excluding hydrogens is 299 g/mol. The van der Waals surface area contributed by atoms with Crippen LogP contribution in [-0.2, 0) is 19.9 Å². The first-order valence-electron chi connectivity index (χ1n) is 7.22. The van der Waals surface area contributed by atoms with Gasteiger partial charge in [0.15, 0.2) is 5.60 Å². The zero-order valence-corrected chi connectivity index (χ0v) is 12.5. The lowest BCUT2D eigenvalue weighted by Crippen LogP contribution is -2.29. The molecule has 2 aromatic carbocycles. The molecule has 3 rings (SSSR count). The molecule has 0 fully saturated rings. The number of benzene rings is 2. The van der Waals surface area contributed by atoms with E-state index in [4.69, 9.17) is 4.74 Å². The summed E-state index contributed by atoms with van der Waals surface area (Å²) in [6.07, 6.45) is 0.309. The predicted octanol–water partition coefficient (Wildman–Crippen LogP) is 3.19. The predicted molar refractivity (Wildman–Crippen MR) is 80.3 cm³/mol. The van der Waals surface area contributed by atoms with E-state index in [9.17, 15) is 14.0 Å². The van der Waals surface area contributed by atoms with Crippen LogP contribution in [0.5, 0.6) is 0 Å². The lowest BCUT2D eigenvalue weighted by atomic mass is 9.82. The van der Waals surface area contributed by atoms with Gasteiger partial charge in [0.05, 0.1) is 12.7 Å². The van der Waals surface area contributed by atoms with Crippen LogP contribution in [0, 0.1) is 5.82 Å². The second-order valence-electron chi connectivity index (χ2n) is 5.35. The summed E-state index contributed by atoms with van der Waals surface area (Å²) in [7, 11) is 1.31. The summed E-state index contributed by atoms with van der Waals surface area (Å²) in [5, 5.41) is 0. The fraction of sp³-hybridized carbons (Fsp3) is 0.222. The number of carbonyl (C=O) groups excluding carboxylic acids is 2. The Morgan fingerprint density at radius 2 is 1.87 bits per heavy atom. The van der Waals surface area contributed by atoms with Gasteiger partial charge >= 0.3 is 11.9 Å². The molecule has 0 N–H and O–H groups in total. The number of methoxy groups -OCH3 is 1. The number of esters is 2. The molecule has 5 heteroatoms. The van der Waals surface area contributed by atoms with Crippen LogP contribution < -0.4 is 0 Å². The van der Waals surface area contributed by atoms with Crippen molar-refractivity contribution in [2.45, 2.75) is 18.4 Å².